The first-order chi connectivity index (χ1) is 11.6. The summed E-state index contributed by atoms with van der Waals surface area (Å²) in [5.41, 5.74) is 3.64. The van der Waals surface area contributed by atoms with Gasteiger partial charge in [0, 0.05) is 24.3 Å². The van der Waals surface area contributed by atoms with Crippen LogP contribution in [0.1, 0.15) is 5.56 Å². The molecular weight excluding hydrogens is 331 g/mol. The zero-order valence-electron chi connectivity index (χ0n) is 12.9. The number of carbonyl (C=O) groups excluding carboxylic acids is 1. The van der Waals surface area contributed by atoms with Gasteiger partial charge < -0.3 is 15.0 Å². The van der Waals surface area contributed by atoms with E-state index in [2.05, 4.69) is 5.32 Å². The van der Waals surface area contributed by atoms with Crippen LogP contribution in [0.3, 0.4) is 0 Å². The summed E-state index contributed by atoms with van der Waals surface area (Å²) in [6.07, 6.45) is 0.327. The van der Waals surface area contributed by atoms with Crippen molar-refractivity contribution in [2.75, 3.05) is 36.5 Å². The molecule has 4 rings (SSSR count). The van der Waals surface area contributed by atoms with Gasteiger partial charge in [-0.25, -0.2) is 4.39 Å². The molecule has 0 atom stereocenters. The number of fused-ring (bicyclic) bond motifs is 1. The largest absolute Gasteiger partial charge is 0.378 e. The van der Waals surface area contributed by atoms with Crippen LogP contribution in [0.4, 0.5) is 15.8 Å². The van der Waals surface area contributed by atoms with Crippen molar-refractivity contribution in [3.8, 4) is 11.1 Å². The lowest BCUT2D eigenvalue weighted by Gasteiger charge is -2.29. The van der Waals surface area contributed by atoms with Crippen molar-refractivity contribution in [3.05, 3.63) is 46.7 Å². The van der Waals surface area contributed by atoms with Crippen molar-refractivity contribution < 1.29 is 13.9 Å². The number of morpholine rings is 1. The van der Waals surface area contributed by atoms with Crippen LogP contribution in [0.5, 0.6) is 0 Å². The molecule has 0 radical (unpaired) electrons. The number of nitrogens with one attached hydrogen (secondary N) is 1. The summed E-state index contributed by atoms with van der Waals surface area (Å²) in [4.78, 5) is 13.5. The van der Waals surface area contributed by atoms with Crippen LogP contribution in [-0.2, 0) is 16.0 Å². The maximum atomic E-state index is 14.6. The number of amides is 1. The minimum atomic E-state index is -0.278. The molecule has 0 bridgehead atoms. The molecule has 2 heterocycles. The van der Waals surface area contributed by atoms with Crippen molar-refractivity contribution in [1.82, 2.24) is 0 Å². The van der Waals surface area contributed by atoms with Gasteiger partial charge in [0.15, 0.2) is 0 Å². The van der Waals surface area contributed by atoms with Gasteiger partial charge >= 0.3 is 0 Å². The van der Waals surface area contributed by atoms with E-state index in [1.165, 1.54) is 6.07 Å². The predicted molar refractivity (Wildman–Crippen MR) is 92.2 cm³/mol. The second kappa shape index (κ2) is 6.07. The van der Waals surface area contributed by atoms with Gasteiger partial charge in [0.2, 0.25) is 5.91 Å². The highest BCUT2D eigenvalue weighted by Crippen LogP contribution is 2.37. The third-order valence-electron chi connectivity index (χ3n) is 4.43. The van der Waals surface area contributed by atoms with E-state index in [0.29, 0.717) is 49.0 Å². The minimum absolute atomic E-state index is 0.0490. The molecule has 24 heavy (non-hydrogen) atoms. The van der Waals surface area contributed by atoms with Crippen LogP contribution >= 0.6 is 11.6 Å². The Morgan fingerprint density at radius 1 is 1.17 bits per heavy atom. The molecule has 2 aliphatic rings. The normalized spacial score (nSPS) is 16.9. The molecule has 124 valence electrons. The third kappa shape index (κ3) is 2.74. The fourth-order valence-electron chi connectivity index (χ4n) is 3.20. The van der Waals surface area contributed by atoms with Crippen LogP contribution in [0.15, 0.2) is 30.3 Å². The zero-order valence-corrected chi connectivity index (χ0v) is 13.7. The van der Waals surface area contributed by atoms with Gasteiger partial charge in [0.25, 0.3) is 0 Å². The fourth-order valence-corrected chi connectivity index (χ4v) is 3.48. The number of ether oxygens (including phenoxy) is 1. The molecule has 2 aromatic rings. The molecule has 4 nitrogen and oxygen atoms in total. The van der Waals surface area contributed by atoms with Gasteiger partial charge in [0.1, 0.15) is 5.82 Å². The lowest BCUT2D eigenvalue weighted by Crippen LogP contribution is -2.36. The van der Waals surface area contributed by atoms with Gasteiger partial charge in [-0.2, -0.15) is 0 Å². The Labute approximate surface area is 144 Å². The van der Waals surface area contributed by atoms with E-state index in [9.17, 15) is 9.18 Å². The summed E-state index contributed by atoms with van der Waals surface area (Å²) < 4.78 is 19.9. The fraction of sp³-hybridized carbons (Fsp3) is 0.278. The number of carbonyl (C=O) groups is 1. The summed E-state index contributed by atoms with van der Waals surface area (Å²) in [6.45, 7) is 2.59. The average Bonchev–Trinajstić information content (AvgIpc) is 2.93. The van der Waals surface area contributed by atoms with E-state index in [4.69, 9.17) is 16.3 Å². The smallest absolute Gasteiger partial charge is 0.228 e. The Bertz CT molecular complexity index is 819. The van der Waals surface area contributed by atoms with Crippen molar-refractivity contribution in [2.24, 2.45) is 0 Å². The van der Waals surface area contributed by atoms with E-state index in [0.717, 1.165) is 16.8 Å². The molecule has 1 amide bonds. The van der Waals surface area contributed by atoms with E-state index in [1.54, 1.807) is 12.1 Å². The molecule has 1 N–H and O–H groups in total. The number of rotatable bonds is 2. The Morgan fingerprint density at radius 3 is 2.71 bits per heavy atom. The molecule has 0 spiro atoms. The molecule has 0 aliphatic carbocycles. The van der Waals surface area contributed by atoms with E-state index >= 15 is 0 Å². The standard InChI is InChI=1S/C18H16ClFN2O2/c19-14-10-16-12(9-18(23)21-16)7-13(14)11-1-2-17(15(20)8-11)22-3-5-24-6-4-22/h1-2,7-8,10H,3-6,9H2,(H,21,23). The van der Waals surface area contributed by atoms with Crippen LogP contribution in [-0.4, -0.2) is 32.2 Å². The maximum Gasteiger partial charge on any atom is 0.228 e. The molecule has 1 fully saturated rings. The highest BCUT2D eigenvalue weighted by Gasteiger charge is 2.21. The first-order valence-electron chi connectivity index (χ1n) is 7.87. The van der Waals surface area contributed by atoms with Crippen molar-refractivity contribution in [2.45, 2.75) is 6.42 Å². The summed E-state index contributed by atoms with van der Waals surface area (Å²) in [5.74, 6) is -0.327. The average molecular weight is 347 g/mol. The number of hydrogen-bond acceptors (Lipinski definition) is 3. The number of benzene rings is 2. The van der Waals surface area contributed by atoms with Crippen LogP contribution in [0, 0.1) is 5.82 Å². The first kappa shape index (κ1) is 15.4. The lowest BCUT2D eigenvalue weighted by atomic mass is 10.0. The highest BCUT2D eigenvalue weighted by atomic mass is 35.5. The van der Waals surface area contributed by atoms with E-state index in [-0.39, 0.29) is 11.7 Å². The Hall–Kier alpha value is -2.11. The van der Waals surface area contributed by atoms with E-state index < -0.39 is 0 Å². The molecule has 1 saturated heterocycles. The number of halogens is 2. The number of hydrogen-bond donors (Lipinski definition) is 1. The van der Waals surface area contributed by atoms with Crippen molar-refractivity contribution in [1.29, 1.82) is 0 Å². The molecule has 2 aromatic carbocycles. The lowest BCUT2D eigenvalue weighted by molar-refractivity contribution is -0.115. The summed E-state index contributed by atoms with van der Waals surface area (Å²) >= 11 is 6.33. The number of nitrogens with zero attached hydrogens (tertiary/aromatic N) is 1. The minimum Gasteiger partial charge on any atom is -0.378 e. The van der Waals surface area contributed by atoms with Gasteiger partial charge in [-0.05, 0) is 35.4 Å². The molecule has 6 heteroatoms. The molecular formula is C18H16ClFN2O2. The Balaban J connectivity index is 1.69. The van der Waals surface area contributed by atoms with Crippen molar-refractivity contribution >= 4 is 28.9 Å². The first-order valence-corrected chi connectivity index (χ1v) is 8.24. The molecule has 0 aromatic heterocycles. The van der Waals surface area contributed by atoms with Gasteiger partial charge in [0.05, 0.1) is 30.3 Å². The SMILES string of the molecule is O=C1Cc2cc(-c3ccc(N4CCOCC4)c(F)c3)c(Cl)cc2N1. The Kier molecular flexibility index (Phi) is 3.90. The van der Waals surface area contributed by atoms with Crippen LogP contribution in [0.2, 0.25) is 5.02 Å². The summed E-state index contributed by atoms with van der Waals surface area (Å²) in [7, 11) is 0. The summed E-state index contributed by atoms with van der Waals surface area (Å²) in [6, 6.07) is 8.74. The predicted octanol–water partition coefficient (Wildman–Crippen LogP) is 3.48. The monoisotopic (exact) mass is 346 g/mol. The van der Waals surface area contributed by atoms with Gasteiger partial charge in [-0.3, -0.25) is 4.79 Å². The highest BCUT2D eigenvalue weighted by molar-refractivity contribution is 6.34. The molecule has 0 saturated carbocycles. The molecule has 0 unspecified atom stereocenters. The number of anilines is 2. The van der Waals surface area contributed by atoms with Crippen LogP contribution < -0.4 is 10.2 Å². The van der Waals surface area contributed by atoms with Gasteiger partial charge in [-0.1, -0.05) is 17.7 Å². The topological polar surface area (TPSA) is 41.6 Å². The molecule has 2 aliphatic heterocycles. The maximum absolute atomic E-state index is 14.6. The van der Waals surface area contributed by atoms with Crippen LogP contribution in [0.25, 0.3) is 11.1 Å². The zero-order chi connectivity index (χ0) is 16.7. The third-order valence-corrected chi connectivity index (χ3v) is 4.74. The Morgan fingerprint density at radius 2 is 1.96 bits per heavy atom. The quantitative estimate of drug-likeness (QED) is 0.905. The van der Waals surface area contributed by atoms with Crippen molar-refractivity contribution in [3.63, 3.8) is 0 Å². The van der Waals surface area contributed by atoms with E-state index in [1.807, 2.05) is 17.0 Å². The van der Waals surface area contributed by atoms with Gasteiger partial charge in [-0.15, -0.1) is 0 Å². The second-order valence-corrected chi connectivity index (χ2v) is 6.39. The summed E-state index contributed by atoms with van der Waals surface area (Å²) in [5, 5.41) is 3.26. The second-order valence-electron chi connectivity index (χ2n) is 5.98.